The Morgan fingerprint density at radius 1 is 1.12 bits per heavy atom. The van der Waals surface area contributed by atoms with Gasteiger partial charge in [0, 0.05) is 11.3 Å². The summed E-state index contributed by atoms with van der Waals surface area (Å²) in [6.07, 6.45) is 0.524. The van der Waals surface area contributed by atoms with Crippen LogP contribution in [0.5, 0.6) is 0 Å². The lowest BCUT2D eigenvalue weighted by atomic mass is 9.84. The van der Waals surface area contributed by atoms with Gasteiger partial charge in [-0.3, -0.25) is 14.9 Å². The van der Waals surface area contributed by atoms with Gasteiger partial charge in [-0.25, -0.2) is 0 Å². The van der Waals surface area contributed by atoms with Gasteiger partial charge in [-0.2, -0.15) is 12.6 Å². The van der Waals surface area contributed by atoms with Crippen LogP contribution in [0.15, 0.2) is 54.6 Å². The van der Waals surface area contributed by atoms with E-state index in [-0.39, 0.29) is 11.5 Å². The van der Waals surface area contributed by atoms with Crippen LogP contribution in [0.25, 0.3) is 11.1 Å². The monoisotopic (exact) mass is 371 g/mol. The van der Waals surface area contributed by atoms with E-state index in [9.17, 15) is 9.59 Å². The lowest BCUT2D eigenvalue weighted by Crippen LogP contribution is -2.56. The normalized spacial score (nSPS) is 14.3. The molecule has 2 rings (SSSR count). The van der Waals surface area contributed by atoms with Crippen molar-refractivity contribution in [1.82, 2.24) is 5.32 Å². The molecule has 0 saturated heterocycles. The zero-order valence-electron chi connectivity index (χ0n) is 15.4. The fraction of sp³-hybridized carbons (Fsp3) is 0.333. The number of carbonyl (C=O) groups excluding carboxylic acids is 2. The standard InChI is InChI=1S/C21H25NO3S/c1-4-21(2,22-18(14-26)20(24)25-3)19(23)17-13-9-8-12-16(17)15-10-6-5-7-11-15/h5-13,18,22,26H,4,14H2,1-3H3/t18-,21?/m0/s1. The molecule has 0 aliphatic carbocycles. The van der Waals surface area contributed by atoms with Gasteiger partial charge in [0.05, 0.1) is 12.6 Å². The zero-order valence-corrected chi connectivity index (χ0v) is 16.3. The molecule has 26 heavy (non-hydrogen) atoms. The average Bonchev–Trinajstić information content (AvgIpc) is 2.71. The van der Waals surface area contributed by atoms with Crippen LogP contribution in [0, 0.1) is 0 Å². The molecular formula is C21H25NO3S. The molecular weight excluding hydrogens is 346 g/mol. The first-order valence-corrected chi connectivity index (χ1v) is 9.25. The summed E-state index contributed by atoms with van der Waals surface area (Å²) in [5.41, 5.74) is 1.57. The van der Waals surface area contributed by atoms with Gasteiger partial charge in [-0.15, -0.1) is 0 Å². The van der Waals surface area contributed by atoms with Gasteiger partial charge in [0.25, 0.3) is 0 Å². The van der Waals surface area contributed by atoms with Crippen molar-refractivity contribution in [1.29, 1.82) is 0 Å². The summed E-state index contributed by atoms with van der Waals surface area (Å²) in [5.74, 6) is -0.241. The number of ether oxygens (including phenoxy) is 1. The van der Waals surface area contributed by atoms with Crippen LogP contribution >= 0.6 is 12.6 Å². The minimum Gasteiger partial charge on any atom is -0.468 e. The van der Waals surface area contributed by atoms with Crippen molar-refractivity contribution in [3.8, 4) is 11.1 Å². The van der Waals surface area contributed by atoms with Gasteiger partial charge in [0.15, 0.2) is 5.78 Å². The van der Waals surface area contributed by atoms with E-state index in [0.29, 0.717) is 12.0 Å². The van der Waals surface area contributed by atoms with E-state index >= 15 is 0 Å². The number of Topliss-reactive ketones (excluding diaryl/α,β-unsaturated/α-hetero) is 1. The second-order valence-corrected chi connectivity index (χ2v) is 6.69. The molecule has 0 heterocycles. The first-order chi connectivity index (χ1) is 12.5. The third kappa shape index (κ3) is 4.34. The number of benzene rings is 2. The Morgan fingerprint density at radius 2 is 1.73 bits per heavy atom. The first kappa shape index (κ1) is 20.2. The number of rotatable bonds is 8. The van der Waals surface area contributed by atoms with Crippen molar-refractivity contribution in [3.05, 3.63) is 60.2 Å². The smallest absolute Gasteiger partial charge is 0.323 e. The maximum atomic E-state index is 13.4. The molecule has 138 valence electrons. The Kier molecular flexibility index (Phi) is 7.00. The summed E-state index contributed by atoms with van der Waals surface area (Å²) < 4.78 is 4.81. The van der Waals surface area contributed by atoms with Crippen LogP contribution < -0.4 is 5.32 Å². The van der Waals surface area contributed by atoms with Crippen LogP contribution in [0.4, 0.5) is 0 Å². The number of methoxy groups -OCH3 is 1. The minimum absolute atomic E-state index is 0.0601. The molecule has 0 amide bonds. The summed E-state index contributed by atoms with van der Waals surface area (Å²) in [6, 6.07) is 16.7. The molecule has 1 N–H and O–H groups in total. The van der Waals surface area contributed by atoms with Crippen molar-refractivity contribution in [2.75, 3.05) is 12.9 Å². The van der Waals surface area contributed by atoms with Crippen LogP contribution in [0.1, 0.15) is 30.6 Å². The number of ketones is 1. The van der Waals surface area contributed by atoms with Crippen molar-refractivity contribution in [2.45, 2.75) is 31.8 Å². The summed E-state index contributed by atoms with van der Waals surface area (Å²) in [4.78, 5) is 25.4. The molecule has 2 aromatic rings. The van der Waals surface area contributed by atoms with E-state index in [4.69, 9.17) is 4.74 Å². The van der Waals surface area contributed by atoms with E-state index < -0.39 is 17.6 Å². The van der Waals surface area contributed by atoms with E-state index in [1.807, 2.05) is 68.4 Å². The van der Waals surface area contributed by atoms with Gasteiger partial charge in [-0.05, 0) is 24.5 Å². The molecule has 0 aliphatic heterocycles. The second-order valence-electron chi connectivity index (χ2n) is 6.33. The number of thiol groups is 1. The van der Waals surface area contributed by atoms with E-state index in [2.05, 4.69) is 17.9 Å². The summed E-state index contributed by atoms with van der Waals surface area (Å²) >= 11 is 4.22. The van der Waals surface area contributed by atoms with Crippen LogP contribution in [0.3, 0.4) is 0 Å². The van der Waals surface area contributed by atoms with Crippen molar-refractivity contribution < 1.29 is 14.3 Å². The van der Waals surface area contributed by atoms with Crippen LogP contribution in [0.2, 0.25) is 0 Å². The Morgan fingerprint density at radius 3 is 2.31 bits per heavy atom. The molecule has 4 nitrogen and oxygen atoms in total. The lowest BCUT2D eigenvalue weighted by molar-refractivity contribution is -0.142. The molecule has 0 spiro atoms. The summed E-state index contributed by atoms with van der Waals surface area (Å²) in [7, 11) is 1.33. The first-order valence-electron chi connectivity index (χ1n) is 8.62. The third-order valence-electron chi connectivity index (χ3n) is 4.63. The average molecular weight is 372 g/mol. The van der Waals surface area contributed by atoms with Gasteiger partial charge in [0.2, 0.25) is 0 Å². The Bertz CT molecular complexity index is 763. The van der Waals surface area contributed by atoms with Crippen LogP contribution in [-0.2, 0) is 9.53 Å². The van der Waals surface area contributed by atoms with Gasteiger partial charge in [0.1, 0.15) is 6.04 Å². The summed E-state index contributed by atoms with van der Waals surface area (Å²) in [6.45, 7) is 3.74. The zero-order chi connectivity index (χ0) is 19.2. The molecule has 0 aromatic heterocycles. The van der Waals surface area contributed by atoms with Crippen molar-refractivity contribution in [2.24, 2.45) is 0 Å². The fourth-order valence-corrected chi connectivity index (χ4v) is 3.12. The topological polar surface area (TPSA) is 55.4 Å². The molecule has 2 aromatic carbocycles. The highest BCUT2D eigenvalue weighted by atomic mass is 32.1. The number of esters is 1. The van der Waals surface area contributed by atoms with E-state index in [1.165, 1.54) is 7.11 Å². The highest BCUT2D eigenvalue weighted by molar-refractivity contribution is 7.80. The highest BCUT2D eigenvalue weighted by Crippen LogP contribution is 2.28. The van der Waals surface area contributed by atoms with Gasteiger partial charge < -0.3 is 4.74 Å². The Balaban J connectivity index is 2.41. The molecule has 5 heteroatoms. The Hall–Kier alpha value is -2.11. The lowest BCUT2D eigenvalue weighted by Gasteiger charge is -2.32. The number of nitrogens with one attached hydrogen (secondary N) is 1. The Labute approximate surface area is 160 Å². The molecule has 1 unspecified atom stereocenters. The molecule has 2 atom stereocenters. The van der Waals surface area contributed by atoms with Crippen molar-refractivity contribution >= 4 is 24.4 Å². The number of hydrogen-bond acceptors (Lipinski definition) is 5. The quantitative estimate of drug-likeness (QED) is 0.421. The highest BCUT2D eigenvalue weighted by Gasteiger charge is 2.37. The maximum absolute atomic E-state index is 13.4. The molecule has 0 bridgehead atoms. The maximum Gasteiger partial charge on any atom is 0.323 e. The number of hydrogen-bond donors (Lipinski definition) is 2. The predicted octanol–water partition coefficient (Wildman–Crippen LogP) is 3.77. The molecule has 0 aliphatic rings. The fourth-order valence-electron chi connectivity index (χ4n) is 2.88. The summed E-state index contributed by atoms with van der Waals surface area (Å²) in [5, 5.41) is 3.16. The number of carbonyl (C=O) groups is 2. The van der Waals surface area contributed by atoms with E-state index in [1.54, 1.807) is 0 Å². The second kappa shape index (κ2) is 9.01. The van der Waals surface area contributed by atoms with Crippen molar-refractivity contribution in [3.63, 3.8) is 0 Å². The SMILES string of the molecule is CCC(C)(N[C@@H](CS)C(=O)OC)C(=O)c1ccccc1-c1ccccc1. The predicted molar refractivity (Wildman–Crippen MR) is 108 cm³/mol. The van der Waals surface area contributed by atoms with Gasteiger partial charge in [-0.1, -0.05) is 61.5 Å². The van der Waals surface area contributed by atoms with Gasteiger partial charge >= 0.3 is 5.97 Å². The third-order valence-corrected chi connectivity index (χ3v) is 4.99. The largest absolute Gasteiger partial charge is 0.468 e. The molecule has 0 fully saturated rings. The molecule has 0 radical (unpaired) electrons. The molecule has 0 saturated carbocycles. The van der Waals surface area contributed by atoms with E-state index in [0.717, 1.165) is 11.1 Å². The van der Waals surface area contributed by atoms with Crippen LogP contribution in [-0.4, -0.2) is 36.2 Å². The minimum atomic E-state index is -0.910.